The van der Waals surface area contributed by atoms with Crippen molar-refractivity contribution in [2.24, 2.45) is 5.73 Å². The standard InChI is InChI=1S/C21H18ClN5O4/c22-14-6-9-17(24-12-14)26-18(28)11-16(20(23)30)25-21(31)13-4-7-15(8-5-13)27-10-2-1-3-19(27)29/h1-10,12,16H,11H2,(H2,23,30)(H,25,31)(H,24,26,28)/t16-/m0/s1. The molecule has 0 radical (unpaired) electrons. The number of carbonyl (C=O) groups excluding carboxylic acids is 3. The minimum Gasteiger partial charge on any atom is -0.368 e. The molecule has 3 rings (SSSR count). The number of hydrogen-bond acceptors (Lipinski definition) is 5. The lowest BCUT2D eigenvalue weighted by atomic mass is 10.1. The summed E-state index contributed by atoms with van der Waals surface area (Å²) in [6.45, 7) is 0. The summed E-state index contributed by atoms with van der Waals surface area (Å²) >= 11 is 5.74. The molecule has 0 bridgehead atoms. The van der Waals surface area contributed by atoms with Crippen LogP contribution in [0.4, 0.5) is 5.82 Å². The maximum absolute atomic E-state index is 12.5. The SMILES string of the molecule is NC(=O)[C@H](CC(=O)Nc1ccc(Cl)cn1)NC(=O)c1ccc(-n2ccccc2=O)cc1. The number of rotatable bonds is 7. The molecule has 0 spiro atoms. The van der Waals surface area contributed by atoms with Crippen molar-refractivity contribution >= 4 is 35.1 Å². The molecule has 0 saturated heterocycles. The fourth-order valence-corrected chi connectivity index (χ4v) is 2.82. The van der Waals surface area contributed by atoms with Gasteiger partial charge in [-0.1, -0.05) is 17.7 Å². The molecule has 1 aromatic carbocycles. The molecule has 4 N–H and O–H groups in total. The van der Waals surface area contributed by atoms with Gasteiger partial charge < -0.3 is 16.4 Å². The molecule has 9 nitrogen and oxygen atoms in total. The van der Waals surface area contributed by atoms with Gasteiger partial charge in [0.2, 0.25) is 11.8 Å². The first-order valence-electron chi connectivity index (χ1n) is 9.13. The topological polar surface area (TPSA) is 136 Å². The van der Waals surface area contributed by atoms with E-state index >= 15 is 0 Å². The molecular formula is C21H18ClN5O4. The average Bonchev–Trinajstić information content (AvgIpc) is 2.75. The molecule has 0 aliphatic heterocycles. The molecule has 158 valence electrons. The number of hydrogen-bond donors (Lipinski definition) is 3. The molecule has 0 saturated carbocycles. The lowest BCUT2D eigenvalue weighted by Crippen LogP contribution is -2.46. The number of aromatic nitrogens is 2. The zero-order chi connectivity index (χ0) is 22.4. The molecule has 3 aromatic rings. The fourth-order valence-electron chi connectivity index (χ4n) is 2.71. The van der Waals surface area contributed by atoms with Gasteiger partial charge in [-0.05, 0) is 42.5 Å². The lowest BCUT2D eigenvalue weighted by molar-refractivity contribution is -0.124. The van der Waals surface area contributed by atoms with E-state index in [4.69, 9.17) is 17.3 Å². The number of anilines is 1. The Labute approximate surface area is 181 Å². The predicted octanol–water partition coefficient (Wildman–Crippen LogP) is 1.50. The smallest absolute Gasteiger partial charge is 0.255 e. The van der Waals surface area contributed by atoms with Crippen LogP contribution in [-0.4, -0.2) is 33.3 Å². The summed E-state index contributed by atoms with van der Waals surface area (Å²) in [5.74, 6) is -1.76. The van der Waals surface area contributed by atoms with Crippen LogP contribution >= 0.6 is 11.6 Å². The lowest BCUT2D eigenvalue weighted by Gasteiger charge is -2.15. The summed E-state index contributed by atoms with van der Waals surface area (Å²) in [4.78, 5) is 52.2. The normalized spacial score (nSPS) is 11.4. The van der Waals surface area contributed by atoms with Crippen LogP contribution < -0.4 is 21.9 Å². The number of benzene rings is 1. The van der Waals surface area contributed by atoms with Gasteiger partial charge in [-0.2, -0.15) is 0 Å². The van der Waals surface area contributed by atoms with Crippen molar-refractivity contribution in [3.8, 4) is 5.69 Å². The zero-order valence-corrected chi connectivity index (χ0v) is 16.9. The first kappa shape index (κ1) is 21.7. The quantitative estimate of drug-likeness (QED) is 0.512. The number of halogens is 1. The van der Waals surface area contributed by atoms with E-state index in [1.807, 2.05) is 0 Å². The Bertz CT molecular complexity index is 1160. The summed E-state index contributed by atoms with van der Waals surface area (Å²) in [5, 5.41) is 5.35. The van der Waals surface area contributed by atoms with Crippen LogP contribution in [0.2, 0.25) is 5.02 Å². The van der Waals surface area contributed by atoms with Gasteiger partial charge in [-0.3, -0.25) is 23.7 Å². The predicted molar refractivity (Wildman–Crippen MR) is 115 cm³/mol. The summed E-state index contributed by atoms with van der Waals surface area (Å²) in [7, 11) is 0. The molecule has 2 heterocycles. The van der Waals surface area contributed by atoms with E-state index in [9.17, 15) is 19.2 Å². The number of amides is 3. The molecule has 3 amide bonds. The highest BCUT2D eigenvalue weighted by Gasteiger charge is 2.22. The van der Waals surface area contributed by atoms with Crippen LogP contribution in [0.25, 0.3) is 5.69 Å². The first-order chi connectivity index (χ1) is 14.8. The van der Waals surface area contributed by atoms with Crippen LogP contribution in [0.5, 0.6) is 0 Å². The molecule has 0 unspecified atom stereocenters. The Morgan fingerprint density at radius 2 is 1.81 bits per heavy atom. The van der Waals surface area contributed by atoms with E-state index in [0.29, 0.717) is 10.7 Å². The van der Waals surface area contributed by atoms with Crippen LogP contribution in [0.3, 0.4) is 0 Å². The van der Waals surface area contributed by atoms with E-state index in [1.54, 1.807) is 36.5 Å². The van der Waals surface area contributed by atoms with Crippen LogP contribution in [-0.2, 0) is 9.59 Å². The second kappa shape index (κ2) is 9.68. The molecule has 10 heteroatoms. The summed E-state index contributed by atoms with van der Waals surface area (Å²) in [6, 6.07) is 12.8. The van der Waals surface area contributed by atoms with Crippen molar-refractivity contribution in [2.45, 2.75) is 12.5 Å². The maximum atomic E-state index is 12.5. The molecule has 2 aromatic heterocycles. The van der Waals surface area contributed by atoms with Gasteiger partial charge in [0.15, 0.2) is 0 Å². The number of nitrogens with two attached hydrogens (primary N) is 1. The van der Waals surface area contributed by atoms with E-state index in [-0.39, 0.29) is 23.4 Å². The van der Waals surface area contributed by atoms with Crippen molar-refractivity contribution in [3.63, 3.8) is 0 Å². The number of pyridine rings is 2. The highest BCUT2D eigenvalue weighted by Crippen LogP contribution is 2.11. The van der Waals surface area contributed by atoms with Gasteiger partial charge in [0.05, 0.1) is 11.4 Å². The summed E-state index contributed by atoms with van der Waals surface area (Å²) < 4.78 is 1.42. The fraction of sp³-hybridized carbons (Fsp3) is 0.0952. The molecule has 0 aliphatic carbocycles. The molecule has 0 fully saturated rings. The zero-order valence-electron chi connectivity index (χ0n) is 16.1. The van der Waals surface area contributed by atoms with Crippen molar-refractivity contribution in [1.29, 1.82) is 0 Å². The van der Waals surface area contributed by atoms with Crippen molar-refractivity contribution in [2.75, 3.05) is 5.32 Å². The van der Waals surface area contributed by atoms with Crippen molar-refractivity contribution < 1.29 is 14.4 Å². The number of primary amides is 1. The van der Waals surface area contributed by atoms with Gasteiger partial charge in [0, 0.05) is 29.7 Å². The number of nitrogens with zero attached hydrogens (tertiary/aromatic N) is 2. The number of nitrogens with one attached hydrogen (secondary N) is 2. The third-order valence-corrected chi connectivity index (χ3v) is 4.49. The molecule has 1 atom stereocenters. The van der Waals surface area contributed by atoms with Crippen molar-refractivity contribution in [3.05, 3.63) is 87.9 Å². The van der Waals surface area contributed by atoms with E-state index in [1.165, 1.54) is 35.0 Å². The van der Waals surface area contributed by atoms with E-state index in [0.717, 1.165) is 0 Å². The number of carbonyl (C=O) groups is 3. The molecule has 31 heavy (non-hydrogen) atoms. The third-order valence-electron chi connectivity index (χ3n) is 4.26. The third kappa shape index (κ3) is 5.77. The minimum atomic E-state index is -1.23. The van der Waals surface area contributed by atoms with Gasteiger partial charge >= 0.3 is 0 Å². The Kier molecular flexibility index (Phi) is 6.78. The van der Waals surface area contributed by atoms with Crippen LogP contribution in [0.1, 0.15) is 16.8 Å². The minimum absolute atomic E-state index is 0.213. The van der Waals surface area contributed by atoms with E-state index in [2.05, 4.69) is 15.6 Å². The largest absolute Gasteiger partial charge is 0.368 e. The first-order valence-corrected chi connectivity index (χ1v) is 9.51. The molecule has 0 aliphatic rings. The van der Waals surface area contributed by atoms with Crippen LogP contribution in [0.15, 0.2) is 71.8 Å². The maximum Gasteiger partial charge on any atom is 0.255 e. The Hall–Kier alpha value is -3.98. The molecular weight excluding hydrogens is 422 g/mol. The van der Waals surface area contributed by atoms with Crippen LogP contribution in [0, 0.1) is 0 Å². The van der Waals surface area contributed by atoms with Gasteiger partial charge in [0.25, 0.3) is 11.5 Å². The van der Waals surface area contributed by atoms with E-state index < -0.39 is 23.8 Å². The van der Waals surface area contributed by atoms with Gasteiger partial charge in [0.1, 0.15) is 11.9 Å². The second-order valence-corrected chi connectivity index (χ2v) is 6.93. The summed E-state index contributed by atoms with van der Waals surface area (Å²) in [6.07, 6.45) is 2.59. The Balaban J connectivity index is 1.65. The highest BCUT2D eigenvalue weighted by molar-refractivity contribution is 6.30. The second-order valence-electron chi connectivity index (χ2n) is 6.50. The van der Waals surface area contributed by atoms with Gasteiger partial charge in [-0.25, -0.2) is 4.98 Å². The van der Waals surface area contributed by atoms with Gasteiger partial charge in [-0.15, -0.1) is 0 Å². The van der Waals surface area contributed by atoms with Crippen molar-refractivity contribution in [1.82, 2.24) is 14.9 Å². The monoisotopic (exact) mass is 439 g/mol. The Morgan fingerprint density at radius 1 is 1.06 bits per heavy atom. The Morgan fingerprint density at radius 3 is 2.42 bits per heavy atom. The summed E-state index contributed by atoms with van der Waals surface area (Å²) in [5.41, 5.74) is 5.93. The highest BCUT2D eigenvalue weighted by atomic mass is 35.5. The average molecular weight is 440 g/mol.